The number of piperidine rings is 1. The van der Waals surface area contributed by atoms with Crippen molar-refractivity contribution in [3.8, 4) is 11.1 Å². The fraction of sp³-hybridized carbons (Fsp3) is 0.440. The molecule has 0 aliphatic carbocycles. The Balaban J connectivity index is 1.86. The molecule has 1 unspecified atom stereocenters. The molecule has 0 bridgehead atoms. The molecular formula is C25H30N2O3. The normalized spacial score (nSPS) is 17.5. The molecule has 1 amide bonds. The molecule has 1 N–H and O–H groups in total. The fourth-order valence-electron chi connectivity index (χ4n) is 4.42. The number of H-pyrrole nitrogens is 1. The van der Waals surface area contributed by atoms with Crippen LogP contribution in [0.25, 0.3) is 22.1 Å². The Kier molecular flexibility index (Phi) is 5.31. The van der Waals surface area contributed by atoms with Crippen LogP contribution in [-0.4, -0.2) is 28.9 Å². The second-order valence-corrected chi connectivity index (χ2v) is 9.38. The van der Waals surface area contributed by atoms with Crippen LogP contribution >= 0.6 is 0 Å². The van der Waals surface area contributed by atoms with Crippen molar-refractivity contribution < 1.29 is 9.21 Å². The monoisotopic (exact) mass is 406 g/mol. The number of nitrogens with zero attached hydrogens (tertiary/aromatic N) is 1. The van der Waals surface area contributed by atoms with Gasteiger partial charge in [0, 0.05) is 35.8 Å². The lowest BCUT2D eigenvalue weighted by molar-refractivity contribution is 0.0672. The number of amides is 1. The topological polar surface area (TPSA) is 66.3 Å². The number of likely N-dealkylation sites (tertiary alicyclic amines) is 1. The quantitative estimate of drug-likeness (QED) is 0.638. The predicted octanol–water partition coefficient (Wildman–Crippen LogP) is 5.35. The first-order valence-corrected chi connectivity index (χ1v) is 10.8. The van der Waals surface area contributed by atoms with Gasteiger partial charge >= 0.3 is 0 Å². The summed E-state index contributed by atoms with van der Waals surface area (Å²) in [7, 11) is 0. The Morgan fingerprint density at radius 1 is 1.30 bits per heavy atom. The Morgan fingerprint density at radius 2 is 2.10 bits per heavy atom. The predicted molar refractivity (Wildman–Crippen MR) is 120 cm³/mol. The summed E-state index contributed by atoms with van der Waals surface area (Å²) in [5.41, 5.74) is 3.35. The van der Waals surface area contributed by atoms with Gasteiger partial charge in [0.2, 0.25) is 0 Å². The molecule has 0 spiro atoms. The van der Waals surface area contributed by atoms with Crippen molar-refractivity contribution in [2.24, 2.45) is 5.92 Å². The summed E-state index contributed by atoms with van der Waals surface area (Å²) in [4.78, 5) is 30.5. The van der Waals surface area contributed by atoms with E-state index in [0.717, 1.165) is 48.0 Å². The highest BCUT2D eigenvalue weighted by Gasteiger charge is 2.28. The van der Waals surface area contributed by atoms with E-state index in [0.29, 0.717) is 17.0 Å². The lowest BCUT2D eigenvalue weighted by Gasteiger charge is -2.32. The summed E-state index contributed by atoms with van der Waals surface area (Å²) >= 11 is 0. The van der Waals surface area contributed by atoms with Gasteiger partial charge in [0.15, 0.2) is 0 Å². The number of rotatable bonds is 3. The van der Waals surface area contributed by atoms with E-state index in [2.05, 4.69) is 32.7 Å². The van der Waals surface area contributed by atoms with Gasteiger partial charge in [-0.1, -0.05) is 34.1 Å². The van der Waals surface area contributed by atoms with Crippen LogP contribution in [0.2, 0.25) is 0 Å². The van der Waals surface area contributed by atoms with Crippen molar-refractivity contribution in [3.63, 3.8) is 0 Å². The molecule has 1 aliphatic heterocycles. The van der Waals surface area contributed by atoms with E-state index in [9.17, 15) is 9.59 Å². The summed E-state index contributed by atoms with van der Waals surface area (Å²) in [6.45, 7) is 10.1. The van der Waals surface area contributed by atoms with Crippen molar-refractivity contribution in [3.05, 3.63) is 58.2 Å². The number of benzene rings is 1. The summed E-state index contributed by atoms with van der Waals surface area (Å²) < 4.78 is 5.96. The number of fused-ring (bicyclic) bond motifs is 1. The number of aromatic nitrogens is 1. The SMILES string of the molecule is CCC1CCCN(C(=O)c2coc3c(C(C)(C)C)cc(-c4ccc[nH]c4=O)cc23)C1. The van der Waals surface area contributed by atoms with Crippen molar-refractivity contribution in [2.45, 2.75) is 52.4 Å². The molecule has 2 aromatic heterocycles. The van der Waals surface area contributed by atoms with E-state index < -0.39 is 0 Å². The Morgan fingerprint density at radius 3 is 2.80 bits per heavy atom. The van der Waals surface area contributed by atoms with Gasteiger partial charge in [-0.2, -0.15) is 0 Å². The minimum atomic E-state index is -0.202. The van der Waals surface area contributed by atoms with Crippen LogP contribution in [-0.2, 0) is 5.41 Å². The second kappa shape index (κ2) is 7.78. The van der Waals surface area contributed by atoms with Gasteiger partial charge in [-0.15, -0.1) is 0 Å². The maximum atomic E-state index is 13.4. The number of furan rings is 1. The van der Waals surface area contributed by atoms with Crippen LogP contribution in [0.5, 0.6) is 0 Å². The molecule has 1 saturated heterocycles. The molecule has 5 nitrogen and oxygen atoms in total. The third-order valence-electron chi connectivity index (χ3n) is 6.22. The fourth-order valence-corrected chi connectivity index (χ4v) is 4.42. The smallest absolute Gasteiger partial charge is 0.257 e. The number of hydrogen-bond acceptors (Lipinski definition) is 3. The highest BCUT2D eigenvalue weighted by molar-refractivity contribution is 6.07. The minimum Gasteiger partial charge on any atom is -0.463 e. The van der Waals surface area contributed by atoms with Crippen molar-refractivity contribution in [2.75, 3.05) is 13.1 Å². The average molecular weight is 407 g/mol. The maximum absolute atomic E-state index is 13.4. The first kappa shape index (κ1) is 20.5. The standard InChI is InChI=1S/C25H30N2O3/c1-5-16-8-7-11-27(14-16)24(29)20-15-30-22-19(20)12-17(13-21(22)25(2,3)4)18-9-6-10-26-23(18)28/h6,9-10,12-13,15-16H,5,7-8,11,14H2,1-4H3,(H,26,28). The van der Waals surface area contributed by atoms with Gasteiger partial charge in [0.1, 0.15) is 11.8 Å². The van der Waals surface area contributed by atoms with Crippen LogP contribution < -0.4 is 5.56 Å². The van der Waals surface area contributed by atoms with E-state index in [1.807, 2.05) is 29.2 Å². The van der Waals surface area contributed by atoms with Crippen LogP contribution in [0.15, 0.2) is 45.9 Å². The first-order valence-electron chi connectivity index (χ1n) is 10.8. The maximum Gasteiger partial charge on any atom is 0.257 e. The van der Waals surface area contributed by atoms with Crippen LogP contribution in [0.4, 0.5) is 0 Å². The van der Waals surface area contributed by atoms with Crippen molar-refractivity contribution in [1.82, 2.24) is 9.88 Å². The zero-order valence-corrected chi connectivity index (χ0v) is 18.2. The van der Waals surface area contributed by atoms with E-state index in [1.165, 1.54) is 6.42 Å². The third-order valence-corrected chi connectivity index (χ3v) is 6.22. The van der Waals surface area contributed by atoms with Crippen LogP contribution in [0.1, 0.15) is 62.9 Å². The zero-order chi connectivity index (χ0) is 21.5. The van der Waals surface area contributed by atoms with Gasteiger partial charge in [-0.25, -0.2) is 0 Å². The summed E-state index contributed by atoms with van der Waals surface area (Å²) in [6, 6.07) is 7.56. The summed E-state index contributed by atoms with van der Waals surface area (Å²) in [5, 5.41) is 0.782. The highest BCUT2D eigenvalue weighted by Crippen LogP contribution is 2.37. The van der Waals surface area contributed by atoms with E-state index >= 15 is 0 Å². The highest BCUT2D eigenvalue weighted by atomic mass is 16.3. The summed E-state index contributed by atoms with van der Waals surface area (Å²) in [6.07, 6.45) is 6.53. The van der Waals surface area contributed by atoms with Gasteiger partial charge in [-0.3, -0.25) is 9.59 Å². The van der Waals surface area contributed by atoms with Gasteiger partial charge in [-0.05, 0) is 54.0 Å². The molecule has 0 radical (unpaired) electrons. The lowest BCUT2D eigenvalue weighted by Crippen LogP contribution is -2.39. The van der Waals surface area contributed by atoms with Crippen LogP contribution in [0.3, 0.4) is 0 Å². The van der Waals surface area contributed by atoms with E-state index in [1.54, 1.807) is 12.5 Å². The molecule has 1 atom stereocenters. The molecule has 3 aromatic rings. The average Bonchev–Trinajstić information content (AvgIpc) is 3.16. The van der Waals surface area contributed by atoms with Gasteiger partial charge < -0.3 is 14.3 Å². The molecule has 1 fully saturated rings. The molecule has 4 rings (SSSR count). The Bertz CT molecular complexity index is 1130. The molecule has 1 aromatic carbocycles. The number of carbonyl (C=O) groups excluding carboxylic acids is 1. The lowest BCUT2D eigenvalue weighted by atomic mass is 9.84. The molecular weight excluding hydrogens is 376 g/mol. The Hall–Kier alpha value is -2.82. The number of pyridine rings is 1. The van der Waals surface area contributed by atoms with Crippen molar-refractivity contribution >= 4 is 16.9 Å². The zero-order valence-electron chi connectivity index (χ0n) is 18.2. The number of hydrogen-bond donors (Lipinski definition) is 1. The van der Waals surface area contributed by atoms with E-state index in [4.69, 9.17) is 4.42 Å². The molecule has 158 valence electrons. The second-order valence-electron chi connectivity index (χ2n) is 9.38. The third kappa shape index (κ3) is 3.69. The number of nitrogens with one attached hydrogen (secondary N) is 1. The van der Waals surface area contributed by atoms with Crippen molar-refractivity contribution in [1.29, 1.82) is 0 Å². The van der Waals surface area contributed by atoms with Crippen LogP contribution in [0, 0.1) is 5.92 Å². The largest absolute Gasteiger partial charge is 0.463 e. The molecule has 5 heteroatoms. The Labute approximate surface area is 177 Å². The first-order chi connectivity index (χ1) is 14.3. The number of aromatic amines is 1. The molecule has 3 heterocycles. The summed E-state index contributed by atoms with van der Waals surface area (Å²) in [5.74, 6) is 0.579. The van der Waals surface area contributed by atoms with E-state index in [-0.39, 0.29) is 16.9 Å². The molecule has 0 saturated carbocycles. The van der Waals surface area contributed by atoms with Gasteiger partial charge in [0.25, 0.3) is 11.5 Å². The minimum absolute atomic E-state index is 0.0193. The van der Waals surface area contributed by atoms with Gasteiger partial charge in [0.05, 0.1) is 5.56 Å². The number of carbonyl (C=O) groups is 1. The molecule has 1 aliphatic rings. The molecule has 30 heavy (non-hydrogen) atoms.